The molecule has 176 valence electrons. The van der Waals surface area contributed by atoms with Crippen LogP contribution in [0.25, 0.3) is 0 Å². The first kappa shape index (κ1) is 22.9. The quantitative estimate of drug-likeness (QED) is 0.724. The summed E-state index contributed by atoms with van der Waals surface area (Å²) in [7, 11) is 0. The van der Waals surface area contributed by atoms with E-state index in [2.05, 4.69) is 10.2 Å². The number of amides is 2. The molecule has 1 fully saturated rings. The third kappa shape index (κ3) is 5.76. The first-order valence-corrected chi connectivity index (χ1v) is 11.3. The van der Waals surface area contributed by atoms with Crippen LogP contribution in [0.4, 0.5) is 5.69 Å². The number of piperazine rings is 1. The molecule has 0 aliphatic carbocycles. The van der Waals surface area contributed by atoms with Gasteiger partial charge in [-0.1, -0.05) is 12.1 Å². The Morgan fingerprint density at radius 3 is 2.48 bits per heavy atom. The summed E-state index contributed by atoms with van der Waals surface area (Å²) in [5, 5.41) is 2.96. The lowest BCUT2D eigenvalue weighted by Crippen LogP contribution is -2.51. The fourth-order valence-electron chi connectivity index (χ4n) is 4.16. The summed E-state index contributed by atoms with van der Waals surface area (Å²) in [5.74, 6) is 2.05. The Morgan fingerprint density at radius 1 is 1.06 bits per heavy atom. The highest BCUT2D eigenvalue weighted by Gasteiger charge is 2.30. The van der Waals surface area contributed by atoms with Crippen molar-refractivity contribution in [2.24, 2.45) is 0 Å². The zero-order valence-corrected chi connectivity index (χ0v) is 19.4. The minimum absolute atomic E-state index is 0.0418. The van der Waals surface area contributed by atoms with E-state index in [1.807, 2.05) is 49.1 Å². The van der Waals surface area contributed by atoms with Gasteiger partial charge in [-0.3, -0.25) is 14.5 Å². The number of benzene rings is 2. The second kappa shape index (κ2) is 10.1. The Labute approximate surface area is 194 Å². The van der Waals surface area contributed by atoms with Crippen molar-refractivity contribution in [2.75, 3.05) is 44.7 Å². The Morgan fingerprint density at radius 2 is 1.79 bits per heavy atom. The van der Waals surface area contributed by atoms with Crippen LogP contribution in [0.1, 0.15) is 32.4 Å². The highest BCUT2D eigenvalue weighted by Crippen LogP contribution is 2.33. The van der Waals surface area contributed by atoms with Gasteiger partial charge in [0.05, 0.1) is 18.7 Å². The molecular formula is C25H31N3O5. The van der Waals surface area contributed by atoms with E-state index in [9.17, 15) is 9.59 Å². The third-order valence-electron chi connectivity index (χ3n) is 5.75. The molecule has 8 heteroatoms. The minimum Gasteiger partial charge on any atom is -0.491 e. The Bertz CT molecular complexity index is 992. The maximum atomic E-state index is 12.9. The normalized spacial score (nSPS) is 18.2. The van der Waals surface area contributed by atoms with Crippen LogP contribution in [0.3, 0.4) is 0 Å². The van der Waals surface area contributed by atoms with E-state index in [0.29, 0.717) is 50.0 Å². The molecule has 0 spiro atoms. The smallest absolute Gasteiger partial charge is 0.238 e. The standard InChI is InChI=1S/C25H31N3O5/c1-17(2)33-21-7-4-19(5-8-21)22-15-27(18(3)29)10-11-28(22)16-25(30)26-20-6-9-23-24(14-20)32-13-12-31-23/h4-9,14,17,22H,10-13,15-16H2,1-3H3,(H,26,30)/t22-/m1/s1. The van der Waals surface area contributed by atoms with Gasteiger partial charge in [-0.05, 0) is 43.7 Å². The van der Waals surface area contributed by atoms with Crippen molar-refractivity contribution in [1.29, 1.82) is 0 Å². The average molecular weight is 454 g/mol. The SMILES string of the molecule is CC(=O)N1CCN(CC(=O)Nc2ccc3c(c2)OCCO3)[C@@H](c2ccc(OC(C)C)cc2)C1. The van der Waals surface area contributed by atoms with Crippen molar-refractivity contribution < 1.29 is 23.8 Å². The zero-order chi connectivity index (χ0) is 23.4. The van der Waals surface area contributed by atoms with Gasteiger partial charge < -0.3 is 24.4 Å². The molecule has 0 aromatic heterocycles. The fraction of sp³-hybridized carbons (Fsp3) is 0.440. The molecule has 0 bridgehead atoms. The van der Waals surface area contributed by atoms with Gasteiger partial charge in [0.1, 0.15) is 19.0 Å². The molecule has 0 unspecified atom stereocenters. The molecule has 2 aliphatic rings. The van der Waals surface area contributed by atoms with Crippen LogP contribution >= 0.6 is 0 Å². The number of ether oxygens (including phenoxy) is 3. The maximum Gasteiger partial charge on any atom is 0.238 e. The third-order valence-corrected chi connectivity index (χ3v) is 5.75. The molecule has 8 nitrogen and oxygen atoms in total. The van der Waals surface area contributed by atoms with Crippen molar-refractivity contribution in [3.05, 3.63) is 48.0 Å². The highest BCUT2D eigenvalue weighted by atomic mass is 16.6. The predicted molar refractivity (Wildman–Crippen MR) is 125 cm³/mol. The van der Waals surface area contributed by atoms with Gasteiger partial charge in [-0.25, -0.2) is 0 Å². The molecule has 2 amide bonds. The van der Waals surface area contributed by atoms with Crippen LogP contribution in [-0.4, -0.2) is 67.1 Å². The average Bonchev–Trinajstić information content (AvgIpc) is 2.79. The lowest BCUT2D eigenvalue weighted by Gasteiger charge is -2.41. The van der Waals surface area contributed by atoms with Crippen molar-refractivity contribution in [1.82, 2.24) is 9.80 Å². The molecule has 1 atom stereocenters. The van der Waals surface area contributed by atoms with Gasteiger partial charge in [0.15, 0.2) is 11.5 Å². The summed E-state index contributed by atoms with van der Waals surface area (Å²) in [6, 6.07) is 13.2. The van der Waals surface area contributed by atoms with Gasteiger partial charge >= 0.3 is 0 Å². The van der Waals surface area contributed by atoms with Crippen LogP contribution < -0.4 is 19.5 Å². The highest BCUT2D eigenvalue weighted by molar-refractivity contribution is 5.92. The number of carbonyl (C=O) groups is 2. The molecule has 2 aromatic carbocycles. The number of rotatable bonds is 6. The lowest BCUT2D eigenvalue weighted by molar-refractivity contribution is -0.132. The number of nitrogens with zero attached hydrogens (tertiary/aromatic N) is 2. The van der Waals surface area contributed by atoms with Crippen LogP contribution in [0.5, 0.6) is 17.2 Å². The van der Waals surface area contributed by atoms with Crippen LogP contribution in [0.2, 0.25) is 0 Å². The summed E-state index contributed by atoms with van der Waals surface area (Å²) in [5.41, 5.74) is 1.71. The second-order valence-corrected chi connectivity index (χ2v) is 8.59. The molecule has 2 aliphatic heterocycles. The molecule has 0 saturated carbocycles. The summed E-state index contributed by atoms with van der Waals surface area (Å²) in [6.45, 7) is 8.54. The molecule has 0 radical (unpaired) electrons. The number of hydrogen-bond acceptors (Lipinski definition) is 6. The van der Waals surface area contributed by atoms with Gasteiger partial charge in [-0.2, -0.15) is 0 Å². The first-order valence-electron chi connectivity index (χ1n) is 11.3. The lowest BCUT2D eigenvalue weighted by atomic mass is 10.0. The van der Waals surface area contributed by atoms with E-state index in [4.69, 9.17) is 14.2 Å². The zero-order valence-electron chi connectivity index (χ0n) is 19.4. The van der Waals surface area contributed by atoms with Gasteiger partial charge in [0, 0.05) is 38.3 Å². The number of anilines is 1. The number of carbonyl (C=O) groups excluding carboxylic acids is 2. The summed E-state index contributed by atoms with van der Waals surface area (Å²) in [6.07, 6.45) is 0.0967. The second-order valence-electron chi connectivity index (χ2n) is 8.59. The van der Waals surface area contributed by atoms with E-state index in [1.165, 1.54) is 0 Å². The largest absolute Gasteiger partial charge is 0.491 e. The fourth-order valence-corrected chi connectivity index (χ4v) is 4.16. The van der Waals surface area contributed by atoms with Crippen molar-refractivity contribution in [2.45, 2.75) is 32.9 Å². The van der Waals surface area contributed by atoms with E-state index >= 15 is 0 Å². The summed E-state index contributed by atoms with van der Waals surface area (Å²) >= 11 is 0. The first-order chi connectivity index (χ1) is 15.9. The molecule has 4 rings (SSSR count). The number of nitrogens with one attached hydrogen (secondary N) is 1. The predicted octanol–water partition coefficient (Wildman–Crippen LogP) is 3.09. The van der Waals surface area contributed by atoms with Crippen molar-refractivity contribution in [3.63, 3.8) is 0 Å². The molecule has 1 N–H and O–H groups in total. The van der Waals surface area contributed by atoms with Gasteiger partial charge in [0.25, 0.3) is 0 Å². The van der Waals surface area contributed by atoms with Crippen molar-refractivity contribution in [3.8, 4) is 17.2 Å². The topological polar surface area (TPSA) is 80.3 Å². The van der Waals surface area contributed by atoms with E-state index in [0.717, 1.165) is 11.3 Å². The molecule has 33 heavy (non-hydrogen) atoms. The maximum absolute atomic E-state index is 12.9. The summed E-state index contributed by atoms with van der Waals surface area (Å²) in [4.78, 5) is 28.9. The Kier molecular flexibility index (Phi) is 7.03. The van der Waals surface area contributed by atoms with Crippen molar-refractivity contribution >= 4 is 17.5 Å². The van der Waals surface area contributed by atoms with Crippen LogP contribution in [-0.2, 0) is 9.59 Å². The molecule has 1 saturated heterocycles. The number of fused-ring (bicyclic) bond motifs is 1. The van der Waals surface area contributed by atoms with E-state index in [-0.39, 0.29) is 30.5 Å². The molecular weight excluding hydrogens is 422 g/mol. The molecule has 2 aromatic rings. The van der Waals surface area contributed by atoms with E-state index < -0.39 is 0 Å². The summed E-state index contributed by atoms with van der Waals surface area (Å²) < 4.78 is 16.9. The van der Waals surface area contributed by atoms with Crippen LogP contribution in [0, 0.1) is 0 Å². The van der Waals surface area contributed by atoms with Gasteiger partial charge in [-0.15, -0.1) is 0 Å². The Hall–Kier alpha value is -3.26. The Balaban J connectivity index is 1.46. The minimum atomic E-state index is -0.118. The number of hydrogen-bond donors (Lipinski definition) is 1. The molecule has 2 heterocycles. The van der Waals surface area contributed by atoms with E-state index in [1.54, 1.807) is 19.1 Å². The monoisotopic (exact) mass is 453 g/mol. The van der Waals surface area contributed by atoms with Gasteiger partial charge in [0.2, 0.25) is 11.8 Å². The van der Waals surface area contributed by atoms with Crippen LogP contribution in [0.15, 0.2) is 42.5 Å².